The molecule has 1 amide bonds. The standard InChI is InChI=1S/C14H12BrF2NO3S/c1-20-11-6-8(2-4-10(11)21-14(16)17)13(19)18-7-9-3-5-12(15)22-9/h2-6,14H,7H2,1H3,(H,18,19). The van der Waals surface area contributed by atoms with E-state index in [1.165, 1.54) is 36.6 Å². The van der Waals surface area contributed by atoms with Crippen LogP contribution in [0.4, 0.5) is 8.78 Å². The molecule has 0 atom stereocenters. The maximum absolute atomic E-state index is 12.2. The van der Waals surface area contributed by atoms with E-state index in [4.69, 9.17) is 4.74 Å². The van der Waals surface area contributed by atoms with Gasteiger partial charge in [0.05, 0.1) is 17.4 Å². The normalized spacial score (nSPS) is 10.6. The largest absolute Gasteiger partial charge is 0.493 e. The maximum Gasteiger partial charge on any atom is 0.387 e. The number of amides is 1. The Kier molecular flexibility index (Phi) is 5.73. The average molecular weight is 392 g/mol. The van der Waals surface area contributed by atoms with E-state index in [9.17, 15) is 13.6 Å². The topological polar surface area (TPSA) is 47.6 Å². The van der Waals surface area contributed by atoms with Crippen LogP contribution in [-0.2, 0) is 6.54 Å². The molecule has 0 aliphatic heterocycles. The molecule has 22 heavy (non-hydrogen) atoms. The fourth-order valence-electron chi connectivity index (χ4n) is 1.72. The van der Waals surface area contributed by atoms with Gasteiger partial charge in [-0.2, -0.15) is 8.78 Å². The lowest BCUT2D eigenvalue weighted by Gasteiger charge is -2.11. The van der Waals surface area contributed by atoms with Crippen LogP contribution < -0.4 is 14.8 Å². The van der Waals surface area contributed by atoms with Crippen molar-refractivity contribution in [3.63, 3.8) is 0 Å². The molecule has 1 N–H and O–H groups in total. The summed E-state index contributed by atoms with van der Waals surface area (Å²) in [5.74, 6) is -0.366. The highest BCUT2D eigenvalue weighted by Gasteiger charge is 2.14. The smallest absolute Gasteiger partial charge is 0.387 e. The Morgan fingerprint density at radius 1 is 1.32 bits per heavy atom. The monoisotopic (exact) mass is 391 g/mol. The third-order valence-electron chi connectivity index (χ3n) is 2.69. The molecule has 1 aromatic carbocycles. The van der Waals surface area contributed by atoms with Crippen LogP contribution in [0.2, 0.25) is 0 Å². The first-order chi connectivity index (χ1) is 10.5. The Morgan fingerprint density at radius 3 is 2.68 bits per heavy atom. The van der Waals surface area contributed by atoms with Crippen LogP contribution in [0.3, 0.4) is 0 Å². The molecule has 2 aromatic rings. The first kappa shape index (κ1) is 16.7. The van der Waals surface area contributed by atoms with E-state index in [0.29, 0.717) is 12.1 Å². The molecule has 0 spiro atoms. The Hall–Kier alpha value is -1.67. The number of methoxy groups -OCH3 is 1. The Morgan fingerprint density at radius 2 is 2.09 bits per heavy atom. The van der Waals surface area contributed by atoms with Crippen LogP contribution in [0.25, 0.3) is 0 Å². The van der Waals surface area contributed by atoms with Crippen molar-refractivity contribution in [2.24, 2.45) is 0 Å². The number of carbonyl (C=O) groups is 1. The molecule has 0 aliphatic carbocycles. The van der Waals surface area contributed by atoms with Gasteiger partial charge < -0.3 is 14.8 Å². The van der Waals surface area contributed by atoms with Crippen molar-refractivity contribution in [2.45, 2.75) is 13.2 Å². The Bertz CT molecular complexity index is 663. The van der Waals surface area contributed by atoms with Gasteiger partial charge in [0.15, 0.2) is 11.5 Å². The lowest BCUT2D eigenvalue weighted by molar-refractivity contribution is -0.0512. The molecule has 0 fully saturated rings. The number of hydrogen-bond donors (Lipinski definition) is 1. The summed E-state index contributed by atoms with van der Waals surface area (Å²) in [6.07, 6.45) is 0. The summed E-state index contributed by atoms with van der Waals surface area (Å²) in [4.78, 5) is 13.1. The number of alkyl halides is 2. The number of hydrogen-bond acceptors (Lipinski definition) is 4. The molecule has 0 saturated carbocycles. The van der Waals surface area contributed by atoms with Crippen LogP contribution >= 0.6 is 27.3 Å². The number of thiophene rings is 1. The van der Waals surface area contributed by atoms with Crippen molar-refractivity contribution in [3.8, 4) is 11.5 Å². The van der Waals surface area contributed by atoms with Gasteiger partial charge in [0.25, 0.3) is 5.91 Å². The molecule has 0 radical (unpaired) electrons. The van der Waals surface area contributed by atoms with Gasteiger partial charge in [0.2, 0.25) is 0 Å². The van der Waals surface area contributed by atoms with Crippen LogP contribution in [-0.4, -0.2) is 19.6 Å². The highest BCUT2D eigenvalue weighted by atomic mass is 79.9. The maximum atomic E-state index is 12.2. The first-order valence-electron chi connectivity index (χ1n) is 6.15. The predicted molar refractivity (Wildman–Crippen MR) is 82.8 cm³/mol. The first-order valence-corrected chi connectivity index (χ1v) is 7.76. The highest BCUT2D eigenvalue weighted by Crippen LogP contribution is 2.29. The summed E-state index contributed by atoms with van der Waals surface area (Å²) < 4.78 is 34.7. The Balaban J connectivity index is 2.06. The summed E-state index contributed by atoms with van der Waals surface area (Å²) in [7, 11) is 1.32. The predicted octanol–water partition coefficient (Wildman–Crippen LogP) is 4.05. The zero-order chi connectivity index (χ0) is 16.1. The van der Waals surface area contributed by atoms with Gasteiger partial charge in [-0.15, -0.1) is 11.3 Å². The quantitative estimate of drug-likeness (QED) is 0.807. The Labute approximate surface area is 138 Å². The highest BCUT2D eigenvalue weighted by molar-refractivity contribution is 9.11. The number of rotatable bonds is 6. The zero-order valence-corrected chi connectivity index (χ0v) is 13.8. The second kappa shape index (κ2) is 7.55. The number of halogens is 3. The van der Waals surface area contributed by atoms with Gasteiger partial charge in [0, 0.05) is 10.4 Å². The summed E-state index contributed by atoms with van der Waals surface area (Å²) in [5, 5.41) is 2.75. The SMILES string of the molecule is COc1cc(C(=O)NCc2ccc(Br)s2)ccc1OC(F)F. The molecule has 0 aliphatic rings. The minimum atomic E-state index is -2.95. The van der Waals surface area contributed by atoms with Gasteiger partial charge in [-0.3, -0.25) is 4.79 Å². The second-order valence-electron chi connectivity index (χ2n) is 4.13. The molecular formula is C14H12BrF2NO3S. The zero-order valence-electron chi connectivity index (χ0n) is 11.4. The molecular weight excluding hydrogens is 380 g/mol. The summed E-state index contributed by atoms with van der Waals surface area (Å²) >= 11 is 4.86. The van der Waals surface area contributed by atoms with Crippen LogP contribution in [0, 0.1) is 0 Å². The van der Waals surface area contributed by atoms with E-state index < -0.39 is 6.61 Å². The number of nitrogens with one attached hydrogen (secondary N) is 1. The lowest BCUT2D eigenvalue weighted by atomic mass is 10.2. The minimum Gasteiger partial charge on any atom is -0.493 e. The van der Waals surface area contributed by atoms with E-state index in [1.807, 2.05) is 12.1 Å². The number of carbonyl (C=O) groups excluding carboxylic acids is 1. The molecule has 0 bridgehead atoms. The summed E-state index contributed by atoms with van der Waals surface area (Å²) in [6.45, 7) is -2.57. The van der Waals surface area contributed by atoms with E-state index in [-0.39, 0.29) is 17.4 Å². The second-order valence-corrected chi connectivity index (χ2v) is 6.68. The van der Waals surface area contributed by atoms with Gasteiger partial charge >= 0.3 is 6.61 Å². The van der Waals surface area contributed by atoms with Gasteiger partial charge in [-0.05, 0) is 46.3 Å². The van der Waals surface area contributed by atoms with Crippen molar-refractivity contribution in [2.75, 3.05) is 7.11 Å². The number of ether oxygens (including phenoxy) is 2. The molecule has 2 rings (SSSR count). The van der Waals surface area contributed by atoms with Gasteiger partial charge in [-0.25, -0.2) is 0 Å². The molecule has 0 saturated heterocycles. The van der Waals surface area contributed by atoms with E-state index in [1.54, 1.807) is 0 Å². The van der Waals surface area contributed by atoms with Crippen molar-refractivity contribution in [3.05, 3.63) is 44.6 Å². The van der Waals surface area contributed by atoms with Crippen LogP contribution in [0.5, 0.6) is 11.5 Å². The average Bonchev–Trinajstić information content (AvgIpc) is 2.90. The van der Waals surface area contributed by atoms with Crippen LogP contribution in [0.15, 0.2) is 34.1 Å². The van der Waals surface area contributed by atoms with Crippen molar-refractivity contribution in [1.29, 1.82) is 0 Å². The fourth-order valence-corrected chi connectivity index (χ4v) is 3.14. The third kappa shape index (κ3) is 4.41. The number of benzene rings is 1. The lowest BCUT2D eigenvalue weighted by Crippen LogP contribution is -2.22. The molecule has 118 valence electrons. The summed E-state index contributed by atoms with van der Waals surface area (Å²) in [5.41, 5.74) is 0.300. The van der Waals surface area contributed by atoms with Gasteiger partial charge in [0.1, 0.15) is 0 Å². The summed E-state index contributed by atoms with van der Waals surface area (Å²) in [6, 6.07) is 7.83. The molecule has 0 unspecified atom stereocenters. The third-order valence-corrected chi connectivity index (χ3v) is 4.32. The fraction of sp³-hybridized carbons (Fsp3) is 0.214. The van der Waals surface area contributed by atoms with Crippen LogP contribution in [0.1, 0.15) is 15.2 Å². The molecule has 4 nitrogen and oxygen atoms in total. The van der Waals surface area contributed by atoms with Gasteiger partial charge in [-0.1, -0.05) is 0 Å². The van der Waals surface area contributed by atoms with Crippen molar-refractivity contribution < 1.29 is 23.0 Å². The van der Waals surface area contributed by atoms with E-state index in [2.05, 4.69) is 26.0 Å². The minimum absolute atomic E-state index is 0.0758. The van der Waals surface area contributed by atoms with E-state index in [0.717, 1.165) is 8.66 Å². The molecule has 1 heterocycles. The molecule has 1 aromatic heterocycles. The van der Waals surface area contributed by atoms with Crippen molar-refractivity contribution >= 4 is 33.2 Å². The van der Waals surface area contributed by atoms with Crippen molar-refractivity contribution in [1.82, 2.24) is 5.32 Å². The van der Waals surface area contributed by atoms with E-state index >= 15 is 0 Å². The molecule has 8 heteroatoms.